The van der Waals surface area contributed by atoms with Crippen LogP contribution < -0.4 is 75.7 Å². The molecule has 0 aliphatic carbocycles. The summed E-state index contributed by atoms with van der Waals surface area (Å²) < 4.78 is 0. The van der Waals surface area contributed by atoms with E-state index in [2.05, 4.69) is 83.7 Å². The van der Waals surface area contributed by atoms with Gasteiger partial charge in [0.05, 0.1) is 25.7 Å². The lowest BCUT2D eigenvalue weighted by molar-refractivity contribution is -0.142. The first-order chi connectivity index (χ1) is 38.1. The fraction of sp³-hybridized carbons (Fsp3) is 0.647. The number of aromatic hydroxyl groups is 1. The van der Waals surface area contributed by atoms with Crippen molar-refractivity contribution in [3.05, 3.63) is 29.8 Å². The number of aliphatic carboxylic acids is 1. The molecule has 1 rings (SSSR count). The first kappa shape index (κ1) is 72.3. The highest BCUT2D eigenvalue weighted by atomic mass is 32.1. The number of amides is 11. The van der Waals surface area contributed by atoms with Crippen LogP contribution in [0.3, 0.4) is 0 Å². The third-order valence-corrected chi connectivity index (χ3v) is 12.7. The quantitative estimate of drug-likeness (QED) is 0.0220. The summed E-state index contributed by atoms with van der Waals surface area (Å²) in [6.45, 7) is 8.68. The third-order valence-electron chi connectivity index (χ3n) is 12.0. The van der Waals surface area contributed by atoms with Crippen LogP contribution >= 0.6 is 25.3 Å². The van der Waals surface area contributed by atoms with Gasteiger partial charge in [-0.25, -0.2) is 4.79 Å². The molecule has 30 heteroatoms. The molecule has 28 nitrogen and oxygen atoms in total. The van der Waals surface area contributed by atoms with Crippen molar-refractivity contribution < 1.29 is 67.7 Å². The lowest BCUT2D eigenvalue weighted by Gasteiger charge is -2.27. The summed E-state index contributed by atoms with van der Waals surface area (Å²) in [6.07, 6.45) is 2.14. The first-order valence-corrected chi connectivity index (χ1v) is 28.0. The monoisotopic (exact) mass is 1180 g/mol. The smallest absolute Gasteiger partial charge is 0.326 e. The number of nitrogens with one attached hydrogen (secondary N) is 11. The topological polar surface area (TPSA) is 456 Å². The van der Waals surface area contributed by atoms with E-state index in [0.29, 0.717) is 37.8 Å². The van der Waals surface area contributed by atoms with Crippen molar-refractivity contribution in [2.75, 3.05) is 44.2 Å². The second-order valence-electron chi connectivity index (χ2n) is 20.2. The summed E-state index contributed by atoms with van der Waals surface area (Å²) in [6, 6.07) is -5.22. The predicted octanol–water partition coefficient (Wildman–Crippen LogP) is -4.18. The Balaban J connectivity index is 3.10. The van der Waals surface area contributed by atoms with Crippen molar-refractivity contribution in [2.24, 2.45) is 29.0 Å². The van der Waals surface area contributed by atoms with E-state index < -0.39 is 145 Å². The SMILES string of the molecule is CC(C)C[C@H](NC(=O)[C@H](C)N)C(=O)N[C@@H](CS)C(=O)NCC(=O)N[C@@H](CCCCN)C(=O)N[C@@H](C)C(=O)N[C@@H](CS)C(=O)N[C@@H](CC(C)C)C(=O)N[C@@H](Cc1ccc(O)cc1)C(=O)NCC(=O)NCC(=O)N[C@@H](CCCCN)C(=O)O. The average molecular weight is 1180 g/mol. The van der Waals surface area contributed by atoms with Crippen LogP contribution in [0, 0.1) is 11.8 Å². The maximum atomic E-state index is 14.0. The van der Waals surface area contributed by atoms with Gasteiger partial charge in [-0.1, -0.05) is 39.8 Å². The molecule has 0 heterocycles. The summed E-state index contributed by atoms with van der Waals surface area (Å²) >= 11 is 8.40. The molecular weight excluding hydrogens is 1100 g/mol. The molecule has 0 saturated carbocycles. The van der Waals surface area contributed by atoms with E-state index in [0.717, 1.165) is 0 Å². The van der Waals surface area contributed by atoms with Gasteiger partial charge in [-0.3, -0.25) is 52.7 Å². The van der Waals surface area contributed by atoms with Gasteiger partial charge in [-0.2, -0.15) is 25.3 Å². The van der Waals surface area contributed by atoms with Crippen LogP contribution in [0.1, 0.15) is 98.5 Å². The molecule has 0 unspecified atom stereocenters. The molecule has 0 aromatic heterocycles. The number of phenolic OH excluding ortho intramolecular Hbond substituents is 1. The summed E-state index contributed by atoms with van der Waals surface area (Å²) in [5, 5.41) is 46.5. The van der Waals surface area contributed by atoms with E-state index in [4.69, 9.17) is 17.2 Å². The number of carboxylic acid groups (broad SMARTS) is 1. The Morgan fingerprint density at radius 3 is 1.33 bits per heavy atom. The molecule has 11 amide bonds. The molecule has 0 aliphatic heterocycles. The molecule has 0 spiro atoms. The summed E-state index contributed by atoms with van der Waals surface area (Å²) in [7, 11) is 0. The fourth-order valence-electron chi connectivity index (χ4n) is 7.49. The second-order valence-corrected chi connectivity index (χ2v) is 20.9. The van der Waals surface area contributed by atoms with Gasteiger partial charge >= 0.3 is 5.97 Å². The minimum absolute atomic E-state index is 0.0198. The standard InChI is InChI=1S/C51H86N14O14S2/c1-27(2)19-35(61-43(70)29(5)54)49(76)65-38(25-80)46(73)57-24-42(69)59-33(11-7-9-17-52)47(74)58-30(6)44(71)64-39(26-81)50(77)62-36(20-28(3)4)48(75)63-37(21-31-13-15-32(66)16-14-31)45(72)56-22-40(67)55-23-41(68)60-34(51(78)79)12-8-10-18-53/h13-16,27-30,33-39,66,80-81H,7-12,17-26,52-54H2,1-6H3,(H,55,67)(H,56,72)(H,57,73)(H,58,74)(H,59,69)(H,60,68)(H,61,70)(H,62,77)(H,63,75)(H,64,71)(H,65,76)(H,78,79)/t29-,30-,33-,34-,35-,36-,37-,38-,39-/m0/s1. The lowest BCUT2D eigenvalue weighted by Crippen LogP contribution is -2.59. The van der Waals surface area contributed by atoms with Gasteiger partial charge in [0.1, 0.15) is 54.1 Å². The van der Waals surface area contributed by atoms with Crippen molar-refractivity contribution in [1.29, 1.82) is 0 Å². The van der Waals surface area contributed by atoms with Crippen LogP contribution in [0.5, 0.6) is 5.75 Å². The number of unbranched alkanes of at least 4 members (excludes halogenated alkanes) is 2. The van der Waals surface area contributed by atoms with E-state index in [1.807, 2.05) is 13.8 Å². The third kappa shape index (κ3) is 29.5. The maximum absolute atomic E-state index is 14.0. The largest absolute Gasteiger partial charge is 0.508 e. The Hall–Kier alpha value is -6.76. The number of carboxylic acids is 1. The Bertz CT molecular complexity index is 2260. The minimum atomic E-state index is -1.38. The van der Waals surface area contributed by atoms with Gasteiger partial charge in [-0.15, -0.1) is 0 Å². The molecule has 0 radical (unpaired) electrons. The average Bonchev–Trinajstić information content (AvgIpc) is 3.41. The Labute approximate surface area is 483 Å². The van der Waals surface area contributed by atoms with Crippen LogP contribution in [-0.2, 0) is 64.0 Å². The number of hydrogen-bond acceptors (Lipinski definition) is 18. The van der Waals surface area contributed by atoms with Crippen molar-refractivity contribution in [3.63, 3.8) is 0 Å². The van der Waals surface area contributed by atoms with Crippen LogP contribution in [0.2, 0.25) is 0 Å². The van der Waals surface area contributed by atoms with Gasteiger partial charge in [0.25, 0.3) is 0 Å². The number of hydrogen-bond donors (Lipinski definition) is 18. The molecular formula is C51H86N14O14S2. The van der Waals surface area contributed by atoms with Crippen LogP contribution in [0.25, 0.3) is 0 Å². The van der Waals surface area contributed by atoms with Gasteiger partial charge in [-0.05, 0) is 108 Å². The molecule has 1 aromatic carbocycles. The summed E-state index contributed by atoms with van der Waals surface area (Å²) in [5.74, 6) is -10.7. The number of thiol groups is 2. The van der Waals surface area contributed by atoms with Crippen LogP contribution in [0.15, 0.2) is 24.3 Å². The minimum Gasteiger partial charge on any atom is -0.508 e. The van der Waals surface area contributed by atoms with Gasteiger partial charge in [0.15, 0.2) is 0 Å². The van der Waals surface area contributed by atoms with Crippen molar-refractivity contribution in [3.8, 4) is 5.75 Å². The van der Waals surface area contributed by atoms with Gasteiger partial charge in [0, 0.05) is 17.9 Å². The molecule has 19 N–H and O–H groups in total. The van der Waals surface area contributed by atoms with Crippen LogP contribution in [-0.4, -0.2) is 180 Å². The number of nitrogens with two attached hydrogens (primary N) is 3. The number of rotatable bonds is 39. The van der Waals surface area contributed by atoms with E-state index in [-0.39, 0.29) is 67.7 Å². The lowest BCUT2D eigenvalue weighted by atomic mass is 10.0. The van der Waals surface area contributed by atoms with E-state index >= 15 is 0 Å². The van der Waals surface area contributed by atoms with Crippen molar-refractivity contribution in [2.45, 2.75) is 154 Å². The zero-order valence-electron chi connectivity index (χ0n) is 46.9. The molecule has 1 aromatic rings. The Morgan fingerprint density at radius 2 is 0.852 bits per heavy atom. The molecule has 0 aliphatic rings. The molecule has 0 saturated heterocycles. The number of phenols is 1. The number of carbonyl (C=O) groups is 12. The van der Waals surface area contributed by atoms with Crippen LogP contribution in [0.4, 0.5) is 0 Å². The van der Waals surface area contributed by atoms with E-state index in [1.54, 1.807) is 13.8 Å². The van der Waals surface area contributed by atoms with Gasteiger partial charge < -0.3 is 85.9 Å². The number of benzene rings is 1. The second kappa shape index (κ2) is 38.8. The number of carbonyl (C=O) groups excluding carboxylic acids is 11. The van der Waals surface area contributed by atoms with E-state index in [1.165, 1.54) is 38.1 Å². The zero-order chi connectivity index (χ0) is 61.4. The van der Waals surface area contributed by atoms with E-state index in [9.17, 15) is 67.7 Å². The maximum Gasteiger partial charge on any atom is 0.326 e. The highest BCUT2D eigenvalue weighted by Gasteiger charge is 2.33. The highest BCUT2D eigenvalue weighted by molar-refractivity contribution is 7.80. The van der Waals surface area contributed by atoms with Gasteiger partial charge in [0.2, 0.25) is 65.0 Å². The zero-order valence-corrected chi connectivity index (χ0v) is 48.7. The molecule has 9 atom stereocenters. The summed E-state index contributed by atoms with van der Waals surface area (Å²) in [5.41, 5.74) is 17.2. The normalized spacial score (nSPS) is 14.4. The molecule has 0 bridgehead atoms. The van der Waals surface area contributed by atoms with Crippen molar-refractivity contribution >= 4 is 96.2 Å². The fourth-order valence-corrected chi connectivity index (χ4v) is 8.01. The molecule has 0 fully saturated rings. The Morgan fingerprint density at radius 1 is 0.457 bits per heavy atom. The highest BCUT2D eigenvalue weighted by Crippen LogP contribution is 2.13. The molecule has 81 heavy (non-hydrogen) atoms. The van der Waals surface area contributed by atoms with Crippen molar-refractivity contribution in [1.82, 2.24) is 58.5 Å². The first-order valence-electron chi connectivity index (χ1n) is 26.8. The Kier molecular flexibility index (Phi) is 34.6. The predicted molar refractivity (Wildman–Crippen MR) is 306 cm³/mol. The molecule has 456 valence electrons. The summed E-state index contributed by atoms with van der Waals surface area (Å²) in [4.78, 5) is 157.